The fraction of sp³-hybridized carbons (Fsp3) is 0. The van der Waals surface area contributed by atoms with Crippen LogP contribution in [-0.2, 0) is 0 Å². The Morgan fingerprint density at radius 1 is 0.321 bits per heavy atom. The van der Waals surface area contributed by atoms with Crippen molar-refractivity contribution in [2.75, 3.05) is 0 Å². The average Bonchev–Trinajstić information content (AvgIpc) is 3.82. The van der Waals surface area contributed by atoms with Crippen molar-refractivity contribution >= 4 is 43.7 Å². The SMILES string of the molecule is c1ccc(-c2cccc(-c3nc(-c4ccccc4)nc(-c4ccc5c(c4)oc4ccc(-c6ccccc6-n6c7ccccc7c7ccccc76)cc45)n3)c2)cc1. The third-order valence-corrected chi connectivity index (χ3v) is 10.7. The van der Waals surface area contributed by atoms with E-state index in [1.165, 1.54) is 21.8 Å². The minimum atomic E-state index is 0.585. The Balaban J connectivity index is 1.03. The lowest BCUT2D eigenvalue weighted by atomic mass is 10.0. The Morgan fingerprint density at radius 3 is 1.61 bits per heavy atom. The lowest BCUT2D eigenvalue weighted by Gasteiger charge is -2.14. The van der Waals surface area contributed by atoms with Gasteiger partial charge >= 0.3 is 0 Å². The summed E-state index contributed by atoms with van der Waals surface area (Å²) in [5.74, 6) is 1.82. The highest BCUT2D eigenvalue weighted by atomic mass is 16.3. The maximum absolute atomic E-state index is 6.54. The van der Waals surface area contributed by atoms with Crippen molar-refractivity contribution in [3.8, 4) is 62.1 Å². The number of para-hydroxylation sites is 3. The van der Waals surface area contributed by atoms with E-state index in [1.54, 1.807) is 0 Å². The summed E-state index contributed by atoms with van der Waals surface area (Å²) in [5, 5.41) is 4.58. The van der Waals surface area contributed by atoms with Crippen molar-refractivity contribution in [1.82, 2.24) is 19.5 Å². The molecular weight excluding hydrogens is 685 g/mol. The van der Waals surface area contributed by atoms with Gasteiger partial charge in [-0.15, -0.1) is 0 Å². The van der Waals surface area contributed by atoms with Gasteiger partial charge in [0.2, 0.25) is 0 Å². The molecule has 11 rings (SSSR count). The molecule has 8 aromatic carbocycles. The van der Waals surface area contributed by atoms with Gasteiger partial charge in [-0.2, -0.15) is 0 Å². The zero-order valence-corrected chi connectivity index (χ0v) is 30.2. The summed E-state index contributed by atoms with van der Waals surface area (Å²) in [4.78, 5) is 15.0. The molecule has 11 aromatic rings. The van der Waals surface area contributed by atoms with Crippen LogP contribution >= 0.6 is 0 Å². The van der Waals surface area contributed by atoms with E-state index >= 15 is 0 Å². The Bertz CT molecular complexity index is 3200. The minimum Gasteiger partial charge on any atom is -0.456 e. The van der Waals surface area contributed by atoms with E-state index in [1.807, 2.05) is 36.4 Å². The van der Waals surface area contributed by atoms with E-state index < -0.39 is 0 Å². The van der Waals surface area contributed by atoms with Gasteiger partial charge in [-0.05, 0) is 65.2 Å². The zero-order valence-electron chi connectivity index (χ0n) is 30.2. The number of benzene rings is 8. The van der Waals surface area contributed by atoms with E-state index in [4.69, 9.17) is 19.4 Å². The van der Waals surface area contributed by atoms with E-state index in [9.17, 15) is 0 Å². The Hall–Kier alpha value is -7.63. The first kappa shape index (κ1) is 31.9. The Morgan fingerprint density at radius 2 is 0.875 bits per heavy atom. The molecule has 0 aliphatic rings. The second-order valence-electron chi connectivity index (χ2n) is 14.0. The third-order valence-electron chi connectivity index (χ3n) is 10.7. The van der Waals surface area contributed by atoms with Crippen LogP contribution in [0.1, 0.15) is 0 Å². The van der Waals surface area contributed by atoms with E-state index in [0.717, 1.165) is 66.6 Å². The van der Waals surface area contributed by atoms with Gasteiger partial charge in [0.05, 0.1) is 16.7 Å². The molecule has 5 nitrogen and oxygen atoms in total. The first-order valence-corrected chi connectivity index (χ1v) is 18.8. The van der Waals surface area contributed by atoms with Gasteiger partial charge in [0.15, 0.2) is 17.5 Å². The molecule has 0 radical (unpaired) electrons. The highest BCUT2D eigenvalue weighted by Crippen LogP contribution is 2.39. The Labute approximate surface area is 322 Å². The number of aromatic nitrogens is 4. The van der Waals surface area contributed by atoms with Gasteiger partial charge in [-0.3, -0.25) is 0 Å². The first-order valence-electron chi connectivity index (χ1n) is 18.8. The number of furan rings is 1. The van der Waals surface area contributed by atoms with Crippen LogP contribution in [0.2, 0.25) is 0 Å². The van der Waals surface area contributed by atoms with Crippen LogP contribution in [0.15, 0.2) is 199 Å². The fourth-order valence-corrected chi connectivity index (χ4v) is 8.00. The summed E-state index contributed by atoms with van der Waals surface area (Å²) in [6.45, 7) is 0. The molecule has 0 unspecified atom stereocenters. The standard InChI is InChI=1S/C51H32N4O/c1-3-14-33(15-4-1)35-18-13-19-37(30-35)50-52-49(34-16-5-2-6-17-34)53-51(54-50)38-26-28-42-43-31-36(27-29-47(43)56-48(42)32-38)39-20-7-10-23-44(39)55-45-24-11-8-21-40(45)41-22-9-12-25-46(41)55/h1-32H. The zero-order chi connectivity index (χ0) is 37.0. The molecule has 0 saturated carbocycles. The van der Waals surface area contributed by atoms with Crippen LogP contribution in [0.25, 0.3) is 106 Å². The van der Waals surface area contributed by atoms with Crippen molar-refractivity contribution < 1.29 is 4.42 Å². The van der Waals surface area contributed by atoms with Gasteiger partial charge in [0, 0.05) is 43.8 Å². The number of nitrogens with zero attached hydrogens (tertiary/aromatic N) is 4. The average molecular weight is 717 g/mol. The molecule has 0 spiro atoms. The third kappa shape index (κ3) is 5.37. The molecule has 5 heteroatoms. The molecular formula is C51H32N4O. The number of fused-ring (bicyclic) bond motifs is 6. The summed E-state index contributed by atoms with van der Waals surface area (Å²) in [6.07, 6.45) is 0. The van der Waals surface area contributed by atoms with Gasteiger partial charge in [0.1, 0.15) is 11.2 Å². The van der Waals surface area contributed by atoms with Crippen LogP contribution in [0, 0.1) is 0 Å². The largest absolute Gasteiger partial charge is 0.456 e. The predicted octanol–water partition coefficient (Wildman–Crippen LogP) is 13.2. The Kier molecular flexibility index (Phi) is 7.42. The quantitative estimate of drug-likeness (QED) is 0.172. The maximum Gasteiger partial charge on any atom is 0.164 e. The highest BCUT2D eigenvalue weighted by Gasteiger charge is 2.18. The molecule has 0 saturated heterocycles. The van der Waals surface area contributed by atoms with Gasteiger partial charge in [0.25, 0.3) is 0 Å². The van der Waals surface area contributed by atoms with Crippen molar-refractivity contribution in [3.05, 3.63) is 194 Å². The van der Waals surface area contributed by atoms with Crippen molar-refractivity contribution in [3.63, 3.8) is 0 Å². The molecule has 0 aliphatic heterocycles. The summed E-state index contributed by atoms with van der Waals surface area (Å²) in [7, 11) is 0. The summed E-state index contributed by atoms with van der Waals surface area (Å²) in [6, 6.07) is 67.5. The molecule has 0 N–H and O–H groups in total. The van der Waals surface area contributed by atoms with Crippen LogP contribution in [0.5, 0.6) is 0 Å². The molecule has 0 fully saturated rings. The van der Waals surface area contributed by atoms with Crippen LogP contribution < -0.4 is 0 Å². The van der Waals surface area contributed by atoms with Crippen molar-refractivity contribution in [2.24, 2.45) is 0 Å². The van der Waals surface area contributed by atoms with Gasteiger partial charge in [-0.25, -0.2) is 15.0 Å². The first-order chi connectivity index (χ1) is 27.7. The molecule has 262 valence electrons. The second kappa shape index (κ2) is 13.0. The summed E-state index contributed by atoms with van der Waals surface area (Å²) in [5.41, 5.74) is 12.3. The normalized spacial score (nSPS) is 11.6. The van der Waals surface area contributed by atoms with E-state index in [-0.39, 0.29) is 0 Å². The molecule has 0 aliphatic carbocycles. The summed E-state index contributed by atoms with van der Waals surface area (Å²) >= 11 is 0. The molecule has 3 aromatic heterocycles. The van der Waals surface area contributed by atoms with Crippen molar-refractivity contribution in [2.45, 2.75) is 0 Å². The van der Waals surface area contributed by atoms with E-state index in [2.05, 4.69) is 162 Å². The lowest BCUT2D eigenvalue weighted by Crippen LogP contribution is -2.00. The van der Waals surface area contributed by atoms with Gasteiger partial charge < -0.3 is 8.98 Å². The maximum atomic E-state index is 6.54. The lowest BCUT2D eigenvalue weighted by molar-refractivity contribution is 0.669. The topological polar surface area (TPSA) is 56.7 Å². The number of hydrogen-bond acceptors (Lipinski definition) is 4. The molecule has 56 heavy (non-hydrogen) atoms. The predicted molar refractivity (Wildman–Crippen MR) is 229 cm³/mol. The van der Waals surface area contributed by atoms with Crippen LogP contribution in [-0.4, -0.2) is 19.5 Å². The minimum absolute atomic E-state index is 0.585. The molecule has 0 bridgehead atoms. The van der Waals surface area contributed by atoms with Gasteiger partial charge in [-0.1, -0.05) is 146 Å². The highest BCUT2D eigenvalue weighted by molar-refractivity contribution is 6.10. The molecule has 3 heterocycles. The van der Waals surface area contributed by atoms with E-state index in [0.29, 0.717) is 17.5 Å². The summed E-state index contributed by atoms with van der Waals surface area (Å²) < 4.78 is 8.92. The number of rotatable bonds is 6. The molecule has 0 amide bonds. The molecule has 0 atom stereocenters. The monoisotopic (exact) mass is 716 g/mol. The smallest absolute Gasteiger partial charge is 0.164 e. The fourth-order valence-electron chi connectivity index (χ4n) is 8.00. The number of hydrogen-bond donors (Lipinski definition) is 0. The van der Waals surface area contributed by atoms with Crippen LogP contribution in [0.4, 0.5) is 0 Å². The van der Waals surface area contributed by atoms with Crippen LogP contribution in [0.3, 0.4) is 0 Å². The van der Waals surface area contributed by atoms with Crippen molar-refractivity contribution in [1.29, 1.82) is 0 Å². The second-order valence-corrected chi connectivity index (χ2v) is 14.0.